The first kappa shape index (κ1) is 17.4. The lowest BCUT2D eigenvalue weighted by molar-refractivity contribution is 0.0367. The second-order valence-electron chi connectivity index (χ2n) is 6.03. The molecule has 1 aliphatic rings. The number of rotatable bonds is 6. The highest BCUT2D eigenvalue weighted by Gasteiger charge is 2.57. The number of aryl methyl sites for hydroxylation is 2. The summed E-state index contributed by atoms with van der Waals surface area (Å²) in [6, 6.07) is 3.50. The molecule has 6 heteroatoms. The van der Waals surface area contributed by atoms with Crippen LogP contribution in [-0.4, -0.2) is 43.3 Å². The van der Waals surface area contributed by atoms with Gasteiger partial charge < -0.3 is 9.64 Å². The van der Waals surface area contributed by atoms with E-state index in [1.165, 1.54) is 0 Å². The SMILES string of the molecule is CCN(C)/C=N/c1cc(C)c(C(=O)OCC2CC2(F)F)cc1C. The fourth-order valence-corrected chi connectivity index (χ4v) is 2.11. The van der Waals surface area contributed by atoms with Gasteiger partial charge in [-0.25, -0.2) is 18.6 Å². The molecule has 1 aromatic rings. The maximum atomic E-state index is 12.8. The quantitative estimate of drug-likeness (QED) is 0.455. The zero-order valence-electron chi connectivity index (χ0n) is 13.9. The van der Waals surface area contributed by atoms with E-state index in [9.17, 15) is 13.6 Å². The molecule has 1 atom stereocenters. The highest BCUT2D eigenvalue weighted by Crippen LogP contribution is 2.48. The van der Waals surface area contributed by atoms with Crippen LogP contribution >= 0.6 is 0 Å². The Kier molecular flexibility index (Phi) is 5.02. The van der Waals surface area contributed by atoms with Gasteiger partial charge in [-0.15, -0.1) is 0 Å². The van der Waals surface area contributed by atoms with Gasteiger partial charge in [-0.2, -0.15) is 0 Å². The summed E-state index contributed by atoms with van der Waals surface area (Å²) < 4.78 is 30.6. The summed E-state index contributed by atoms with van der Waals surface area (Å²) in [7, 11) is 1.92. The van der Waals surface area contributed by atoms with Crippen molar-refractivity contribution < 1.29 is 18.3 Å². The Morgan fingerprint density at radius 2 is 2.09 bits per heavy atom. The lowest BCUT2D eigenvalue weighted by Crippen LogP contribution is -2.14. The Labute approximate surface area is 135 Å². The van der Waals surface area contributed by atoms with Gasteiger partial charge in [0, 0.05) is 20.0 Å². The molecule has 0 spiro atoms. The van der Waals surface area contributed by atoms with Crippen molar-refractivity contribution in [3.05, 3.63) is 28.8 Å². The van der Waals surface area contributed by atoms with Gasteiger partial charge in [0.15, 0.2) is 0 Å². The molecular formula is C17H22F2N2O2. The van der Waals surface area contributed by atoms with E-state index < -0.39 is 17.8 Å². The summed E-state index contributed by atoms with van der Waals surface area (Å²) in [5, 5.41) is 0. The van der Waals surface area contributed by atoms with E-state index in [4.69, 9.17) is 4.74 Å². The van der Waals surface area contributed by atoms with Gasteiger partial charge in [-0.1, -0.05) is 0 Å². The smallest absolute Gasteiger partial charge is 0.338 e. The fourth-order valence-electron chi connectivity index (χ4n) is 2.11. The number of nitrogens with zero attached hydrogens (tertiary/aromatic N) is 2. The zero-order valence-corrected chi connectivity index (χ0v) is 13.9. The monoisotopic (exact) mass is 324 g/mol. The number of ether oxygens (including phenoxy) is 1. The molecule has 0 saturated heterocycles. The minimum Gasteiger partial charge on any atom is -0.462 e. The molecule has 4 nitrogen and oxygen atoms in total. The molecule has 1 unspecified atom stereocenters. The van der Waals surface area contributed by atoms with Crippen LogP contribution in [0.3, 0.4) is 0 Å². The number of carbonyl (C=O) groups is 1. The summed E-state index contributed by atoms with van der Waals surface area (Å²) in [5.41, 5.74) is 2.72. The number of alkyl halides is 2. The van der Waals surface area contributed by atoms with Crippen molar-refractivity contribution in [1.82, 2.24) is 4.90 Å². The molecule has 23 heavy (non-hydrogen) atoms. The molecule has 0 radical (unpaired) electrons. The van der Waals surface area contributed by atoms with Crippen molar-refractivity contribution in [2.45, 2.75) is 33.1 Å². The first-order valence-electron chi connectivity index (χ1n) is 7.65. The van der Waals surface area contributed by atoms with Gasteiger partial charge in [-0.3, -0.25) is 0 Å². The Bertz CT molecular complexity index is 629. The summed E-state index contributed by atoms with van der Waals surface area (Å²) in [6.45, 7) is 6.27. The first-order chi connectivity index (χ1) is 10.7. The zero-order chi connectivity index (χ0) is 17.2. The highest BCUT2D eigenvalue weighted by molar-refractivity contribution is 5.92. The van der Waals surface area contributed by atoms with Crippen molar-refractivity contribution in [3.8, 4) is 0 Å². The number of hydrogen-bond donors (Lipinski definition) is 0. The highest BCUT2D eigenvalue weighted by atomic mass is 19.3. The molecule has 1 fully saturated rings. The number of benzene rings is 1. The van der Waals surface area contributed by atoms with Crippen LogP contribution < -0.4 is 0 Å². The molecule has 0 bridgehead atoms. The van der Waals surface area contributed by atoms with Crippen molar-refractivity contribution in [2.24, 2.45) is 10.9 Å². The Hall–Kier alpha value is -1.98. The van der Waals surface area contributed by atoms with E-state index in [2.05, 4.69) is 4.99 Å². The maximum Gasteiger partial charge on any atom is 0.338 e. The van der Waals surface area contributed by atoms with Crippen LogP contribution in [0.2, 0.25) is 0 Å². The molecule has 0 amide bonds. The maximum absolute atomic E-state index is 12.8. The largest absolute Gasteiger partial charge is 0.462 e. The molecule has 0 heterocycles. The van der Waals surface area contributed by atoms with E-state index >= 15 is 0 Å². The molecule has 126 valence electrons. The summed E-state index contributed by atoms with van der Waals surface area (Å²) >= 11 is 0. The third-order valence-corrected chi connectivity index (χ3v) is 4.03. The predicted molar refractivity (Wildman–Crippen MR) is 85.7 cm³/mol. The van der Waals surface area contributed by atoms with Gasteiger partial charge >= 0.3 is 5.97 Å². The van der Waals surface area contributed by atoms with Gasteiger partial charge in [0.05, 0.1) is 23.5 Å². The minimum absolute atomic E-state index is 0.198. The van der Waals surface area contributed by atoms with Crippen molar-refractivity contribution >= 4 is 18.0 Å². The van der Waals surface area contributed by atoms with Crippen LogP contribution in [0.5, 0.6) is 0 Å². The molecule has 1 aliphatic carbocycles. The summed E-state index contributed by atoms with van der Waals surface area (Å²) in [4.78, 5) is 18.4. The van der Waals surface area contributed by atoms with Crippen molar-refractivity contribution in [3.63, 3.8) is 0 Å². The van der Waals surface area contributed by atoms with E-state index in [0.717, 1.165) is 23.4 Å². The molecule has 0 N–H and O–H groups in total. The van der Waals surface area contributed by atoms with Gasteiger partial charge in [0.1, 0.15) is 6.61 Å². The molecular weight excluding hydrogens is 302 g/mol. The normalized spacial score (nSPS) is 19.0. The van der Waals surface area contributed by atoms with E-state index in [1.807, 2.05) is 25.8 Å². The lowest BCUT2D eigenvalue weighted by atomic mass is 10.0. The predicted octanol–water partition coefficient (Wildman–Crippen LogP) is 3.73. The van der Waals surface area contributed by atoms with Crippen LogP contribution in [0.15, 0.2) is 17.1 Å². The van der Waals surface area contributed by atoms with Crippen molar-refractivity contribution in [1.29, 1.82) is 0 Å². The third kappa shape index (κ3) is 4.27. The average Bonchev–Trinajstić information content (AvgIpc) is 3.12. The van der Waals surface area contributed by atoms with Crippen LogP contribution in [0, 0.1) is 19.8 Å². The first-order valence-corrected chi connectivity index (χ1v) is 7.65. The third-order valence-electron chi connectivity index (χ3n) is 4.03. The van der Waals surface area contributed by atoms with Gasteiger partial charge in [-0.05, 0) is 44.0 Å². The molecule has 0 aliphatic heterocycles. The van der Waals surface area contributed by atoms with Crippen LogP contribution in [0.1, 0.15) is 34.8 Å². The van der Waals surface area contributed by atoms with Crippen LogP contribution in [0.25, 0.3) is 0 Å². The Morgan fingerprint density at radius 1 is 1.43 bits per heavy atom. The second kappa shape index (κ2) is 6.64. The minimum atomic E-state index is -2.67. The number of esters is 1. The lowest BCUT2D eigenvalue weighted by Gasteiger charge is -2.11. The summed E-state index contributed by atoms with van der Waals surface area (Å²) in [5.74, 6) is -4.06. The second-order valence-corrected chi connectivity index (χ2v) is 6.03. The number of halogens is 2. The van der Waals surface area contributed by atoms with E-state index in [0.29, 0.717) is 5.56 Å². The van der Waals surface area contributed by atoms with E-state index in [-0.39, 0.29) is 13.0 Å². The van der Waals surface area contributed by atoms with Crippen molar-refractivity contribution in [2.75, 3.05) is 20.2 Å². The average molecular weight is 324 g/mol. The Balaban J connectivity index is 2.06. The standard InChI is InChI=1S/C17H22F2N2O2/c1-5-21(4)10-20-15-7-11(2)14(6-12(15)3)16(22)23-9-13-8-17(13,18)19/h6-7,10,13H,5,8-9H2,1-4H3/b20-10+. The molecule has 1 saturated carbocycles. The number of hydrogen-bond acceptors (Lipinski definition) is 3. The molecule has 1 aromatic carbocycles. The molecule has 0 aromatic heterocycles. The van der Waals surface area contributed by atoms with E-state index in [1.54, 1.807) is 25.4 Å². The topological polar surface area (TPSA) is 41.9 Å². The summed E-state index contributed by atoms with van der Waals surface area (Å²) in [6.07, 6.45) is 1.53. The van der Waals surface area contributed by atoms with Crippen LogP contribution in [-0.2, 0) is 4.74 Å². The number of aliphatic imine (C=N–C) groups is 1. The van der Waals surface area contributed by atoms with Crippen LogP contribution in [0.4, 0.5) is 14.5 Å². The Morgan fingerprint density at radius 3 is 2.65 bits per heavy atom. The number of carbonyl (C=O) groups excluding carboxylic acids is 1. The van der Waals surface area contributed by atoms with Gasteiger partial charge in [0.25, 0.3) is 5.92 Å². The van der Waals surface area contributed by atoms with Gasteiger partial charge in [0.2, 0.25) is 0 Å². The molecule has 2 rings (SSSR count). The fraction of sp³-hybridized carbons (Fsp3) is 0.529.